The van der Waals surface area contributed by atoms with Crippen molar-refractivity contribution in [3.8, 4) is 0 Å². The van der Waals surface area contributed by atoms with Crippen molar-refractivity contribution >= 4 is 40.3 Å². The van der Waals surface area contributed by atoms with Gasteiger partial charge in [-0.3, -0.25) is 9.59 Å². The largest absolute Gasteiger partial charge is 0.416 e. The van der Waals surface area contributed by atoms with Crippen molar-refractivity contribution in [3.05, 3.63) is 53.5 Å². The van der Waals surface area contributed by atoms with Gasteiger partial charge in [-0.2, -0.15) is 13.2 Å². The second kappa shape index (κ2) is 9.01. The summed E-state index contributed by atoms with van der Waals surface area (Å²) in [5, 5.41) is 2.29. The van der Waals surface area contributed by atoms with Gasteiger partial charge >= 0.3 is 6.18 Å². The molecule has 174 valence electrons. The molecule has 7 nitrogen and oxygen atoms in total. The van der Waals surface area contributed by atoms with E-state index in [4.69, 9.17) is 11.6 Å². The van der Waals surface area contributed by atoms with Crippen LogP contribution in [0.25, 0.3) is 11.2 Å². The Kier molecular flexibility index (Phi) is 6.29. The lowest BCUT2D eigenvalue weighted by atomic mass is 10.0. The van der Waals surface area contributed by atoms with Crippen LogP contribution in [0.1, 0.15) is 40.6 Å². The zero-order chi connectivity index (χ0) is 23.8. The highest BCUT2D eigenvalue weighted by atomic mass is 35.5. The molecule has 1 aromatic carbocycles. The van der Waals surface area contributed by atoms with Crippen LogP contribution < -0.4 is 5.32 Å². The third-order valence-electron chi connectivity index (χ3n) is 5.65. The standard InChI is InChI=1S/C22H21ClF3N5O2/c1-13-28-18-3-2-6-27-20(18)31(13)17-4-7-30(8-5-17)21(33)14-9-15(22(24,25)26)11-16(10-14)29-19(32)12-23/h2-3,6,9-11,17H,4-5,7-8,12H2,1H3,(H,29,32). The third-order valence-corrected chi connectivity index (χ3v) is 5.90. The molecule has 3 heterocycles. The van der Waals surface area contributed by atoms with E-state index in [1.807, 2.05) is 19.1 Å². The molecule has 1 aliphatic rings. The molecule has 33 heavy (non-hydrogen) atoms. The van der Waals surface area contributed by atoms with E-state index in [-0.39, 0.29) is 17.3 Å². The Morgan fingerprint density at radius 3 is 2.61 bits per heavy atom. The average Bonchev–Trinajstić information content (AvgIpc) is 3.13. The summed E-state index contributed by atoms with van der Waals surface area (Å²) in [4.78, 5) is 35.1. The summed E-state index contributed by atoms with van der Waals surface area (Å²) in [5.74, 6) is -0.770. The highest BCUT2D eigenvalue weighted by Gasteiger charge is 2.33. The second-order valence-electron chi connectivity index (χ2n) is 7.88. The fraction of sp³-hybridized carbons (Fsp3) is 0.364. The molecule has 1 aliphatic heterocycles. The van der Waals surface area contributed by atoms with Crippen molar-refractivity contribution in [3.63, 3.8) is 0 Å². The normalized spacial score (nSPS) is 15.1. The van der Waals surface area contributed by atoms with Crippen LogP contribution in [-0.4, -0.2) is 50.2 Å². The summed E-state index contributed by atoms with van der Waals surface area (Å²) in [6.45, 7) is 2.64. The van der Waals surface area contributed by atoms with E-state index in [2.05, 4.69) is 19.9 Å². The third kappa shape index (κ3) is 4.80. The predicted octanol–water partition coefficient (Wildman–Crippen LogP) is 4.41. The molecule has 0 unspecified atom stereocenters. The van der Waals surface area contributed by atoms with Crippen molar-refractivity contribution in [2.24, 2.45) is 0 Å². The van der Waals surface area contributed by atoms with Gasteiger partial charge in [0.25, 0.3) is 5.91 Å². The number of piperidine rings is 1. The Hall–Kier alpha value is -3.14. The number of aromatic nitrogens is 3. The number of nitrogens with one attached hydrogen (secondary N) is 1. The van der Waals surface area contributed by atoms with Crippen LogP contribution in [0.5, 0.6) is 0 Å². The zero-order valence-corrected chi connectivity index (χ0v) is 18.5. The molecule has 0 saturated carbocycles. The van der Waals surface area contributed by atoms with E-state index < -0.39 is 29.4 Å². The maximum absolute atomic E-state index is 13.4. The number of likely N-dealkylation sites (tertiary alicyclic amines) is 1. The van der Waals surface area contributed by atoms with Crippen LogP contribution in [0.2, 0.25) is 0 Å². The van der Waals surface area contributed by atoms with Crippen molar-refractivity contribution in [1.82, 2.24) is 19.4 Å². The van der Waals surface area contributed by atoms with Crippen LogP contribution in [0.15, 0.2) is 36.5 Å². The molecule has 2 amide bonds. The number of nitrogens with zero attached hydrogens (tertiary/aromatic N) is 4. The number of aryl methyl sites for hydroxylation is 1. The number of halogens is 4. The Bertz CT molecular complexity index is 1200. The van der Waals surface area contributed by atoms with Crippen molar-refractivity contribution in [1.29, 1.82) is 0 Å². The van der Waals surface area contributed by atoms with Gasteiger partial charge in [0.05, 0.1) is 5.56 Å². The molecule has 1 N–H and O–H groups in total. The van der Waals surface area contributed by atoms with Gasteiger partial charge in [0.15, 0.2) is 5.65 Å². The van der Waals surface area contributed by atoms with Gasteiger partial charge in [-0.05, 0) is 50.1 Å². The zero-order valence-electron chi connectivity index (χ0n) is 17.7. The maximum Gasteiger partial charge on any atom is 0.416 e. The van der Waals surface area contributed by atoms with E-state index in [0.717, 1.165) is 29.1 Å². The lowest BCUT2D eigenvalue weighted by Crippen LogP contribution is -2.39. The lowest BCUT2D eigenvalue weighted by Gasteiger charge is -2.33. The van der Waals surface area contributed by atoms with Crippen LogP contribution in [0.4, 0.5) is 18.9 Å². The number of pyridine rings is 1. The predicted molar refractivity (Wildman–Crippen MR) is 117 cm³/mol. The number of anilines is 1. The Morgan fingerprint density at radius 2 is 1.94 bits per heavy atom. The molecule has 0 atom stereocenters. The number of alkyl halides is 4. The van der Waals surface area contributed by atoms with Crippen LogP contribution in [-0.2, 0) is 11.0 Å². The van der Waals surface area contributed by atoms with Gasteiger partial charge in [-0.1, -0.05) is 0 Å². The first-order valence-electron chi connectivity index (χ1n) is 10.3. The summed E-state index contributed by atoms with van der Waals surface area (Å²) in [6.07, 6.45) is -1.74. The fourth-order valence-electron chi connectivity index (χ4n) is 4.17. The highest BCUT2D eigenvalue weighted by molar-refractivity contribution is 6.29. The van der Waals surface area contributed by atoms with E-state index >= 15 is 0 Å². The van der Waals surface area contributed by atoms with Gasteiger partial charge in [0.2, 0.25) is 5.91 Å². The van der Waals surface area contributed by atoms with Crippen LogP contribution >= 0.6 is 11.6 Å². The molecule has 0 bridgehead atoms. The number of carbonyl (C=O) groups is 2. The first kappa shape index (κ1) is 23.0. The average molecular weight is 480 g/mol. The van der Waals surface area contributed by atoms with E-state index in [9.17, 15) is 22.8 Å². The molecule has 1 saturated heterocycles. The number of hydrogen-bond donors (Lipinski definition) is 1. The number of benzene rings is 1. The van der Waals surface area contributed by atoms with Gasteiger partial charge in [0.1, 0.15) is 17.2 Å². The smallest absolute Gasteiger partial charge is 0.338 e. The first-order valence-corrected chi connectivity index (χ1v) is 10.9. The van der Waals surface area contributed by atoms with Gasteiger partial charge in [-0.25, -0.2) is 9.97 Å². The summed E-state index contributed by atoms with van der Waals surface area (Å²) >= 11 is 5.44. The summed E-state index contributed by atoms with van der Waals surface area (Å²) in [7, 11) is 0. The molecule has 0 aliphatic carbocycles. The molecule has 0 spiro atoms. The summed E-state index contributed by atoms with van der Waals surface area (Å²) in [5.41, 5.74) is 0.292. The minimum atomic E-state index is -4.67. The van der Waals surface area contributed by atoms with Crippen molar-refractivity contribution in [2.75, 3.05) is 24.3 Å². The van der Waals surface area contributed by atoms with Crippen LogP contribution in [0.3, 0.4) is 0 Å². The Balaban J connectivity index is 1.54. The van der Waals surface area contributed by atoms with Crippen LogP contribution in [0, 0.1) is 6.92 Å². The number of rotatable bonds is 4. The minimum absolute atomic E-state index is 0.0778. The molecular weight excluding hydrogens is 459 g/mol. The molecular formula is C22H21ClF3N5O2. The van der Waals surface area contributed by atoms with Gasteiger partial charge in [-0.15, -0.1) is 11.6 Å². The van der Waals surface area contributed by atoms with Gasteiger partial charge in [0, 0.05) is 36.6 Å². The SMILES string of the molecule is Cc1nc2cccnc2n1C1CCN(C(=O)c2cc(NC(=O)CCl)cc(C(F)(F)F)c2)CC1. The number of carbonyl (C=O) groups excluding carboxylic acids is 2. The second-order valence-corrected chi connectivity index (χ2v) is 8.14. The minimum Gasteiger partial charge on any atom is -0.338 e. The van der Waals surface area contributed by atoms with Crippen molar-refractivity contribution < 1.29 is 22.8 Å². The Morgan fingerprint density at radius 1 is 1.21 bits per heavy atom. The van der Waals surface area contributed by atoms with E-state index in [1.54, 1.807) is 6.20 Å². The quantitative estimate of drug-likeness (QED) is 0.562. The summed E-state index contributed by atoms with van der Waals surface area (Å²) < 4.78 is 42.2. The highest BCUT2D eigenvalue weighted by Crippen LogP contribution is 2.33. The van der Waals surface area contributed by atoms with Crippen molar-refractivity contribution in [2.45, 2.75) is 32.0 Å². The first-order chi connectivity index (χ1) is 15.7. The monoisotopic (exact) mass is 479 g/mol. The van der Waals surface area contributed by atoms with E-state index in [1.165, 1.54) is 11.0 Å². The number of imidazole rings is 1. The molecule has 1 fully saturated rings. The topological polar surface area (TPSA) is 80.1 Å². The van der Waals surface area contributed by atoms with Gasteiger partial charge < -0.3 is 14.8 Å². The molecule has 3 aromatic rings. The Labute approximate surface area is 192 Å². The fourth-order valence-corrected chi connectivity index (χ4v) is 4.24. The maximum atomic E-state index is 13.4. The number of hydrogen-bond acceptors (Lipinski definition) is 4. The number of fused-ring (bicyclic) bond motifs is 1. The van der Waals surface area contributed by atoms with E-state index in [0.29, 0.717) is 25.9 Å². The number of amides is 2. The summed E-state index contributed by atoms with van der Waals surface area (Å²) in [6, 6.07) is 6.62. The molecule has 11 heteroatoms. The molecule has 2 aromatic heterocycles. The lowest BCUT2D eigenvalue weighted by molar-refractivity contribution is -0.137. The molecule has 0 radical (unpaired) electrons. The molecule has 4 rings (SSSR count).